The van der Waals surface area contributed by atoms with Gasteiger partial charge in [-0.15, -0.1) is 0 Å². The fourth-order valence-electron chi connectivity index (χ4n) is 4.43. The largest absolute Gasteiger partial charge is 0.336 e. The van der Waals surface area contributed by atoms with Gasteiger partial charge < -0.3 is 4.90 Å². The quantitative estimate of drug-likeness (QED) is 0.798. The van der Waals surface area contributed by atoms with Crippen molar-refractivity contribution in [2.45, 2.75) is 52.6 Å². The van der Waals surface area contributed by atoms with Gasteiger partial charge in [-0.05, 0) is 51.6 Å². The van der Waals surface area contributed by atoms with E-state index in [0.29, 0.717) is 13.0 Å². The summed E-state index contributed by atoms with van der Waals surface area (Å²) in [6.45, 7) is 8.17. The first kappa shape index (κ1) is 19.0. The van der Waals surface area contributed by atoms with Gasteiger partial charge in [0, 0.05) is 26.2 Å². The van der Waals surface area contributed by atoms with Gasteiger partial charge in [0.05, 0.1) is 30.7 Å². The van der Waals surface area contributed by atoms with Gasteiger partial charge in [-0.3, -0.25) is 24.3 Å². The van der Waals surface area contributed by atoms with E-state index in [9.17, 15) is 4.79 Å². The molecule has 150 valence electrons. The highest BCUT2D eigenvalue weighted by molar-refractivity contribution is 5.77. The van der Waals surface area contributed by atoms with E-state index in [-0.39, 0.29) is 11.3 Å². The SMILES string of the molecule is Cc1cnc(CN2CC3(CCC2=O)CCN(Cc2nc(C)nn2C)CC3)cn1. The van der Waals surface area contributed by atoms with Crippen molar-refractivity contribution in [3.63, 3.8) is 0 Å². The number of amides is 1. The summed E-state index contributed by atoms with van der Waals surface area (Å²) in [7, 11) is 1.96. The summed E-state index contributed by atoms with van der Waals surface area (Å²) in [5.74, 6) is 2.09. The van der Waals surface area contributed by atoms with E-state index < -0.39 is 0 Å². The Hall–Kier alpha value is -2.35. The number of carbonyl (C=O) groups is 1. The molecule has 2 fully saturated rings. The molecule has 8 nitrogen and oxygen atoms in total. The maximum atomic E-state index is 12.5. The lowest BCUT2D eigenvalue weighted by molar-refractivity contribution is -0.140. The standard InChI is InChI=1S/C20H29N7O/c1-15-10-22-17(11-21-15)12-27-14-20(5-4-19(27)28)6-8-26(9-7-20)13-18-23-16(2)24-25(18)3/h10-11H,4-9,12-14H2,1-3H3. The number of hydrogen-bond donors (Lipinski definition) is 0. The fourth-order valence-corrected chi connectivity index (χ4v) is 4.43. The molecule has 1 amide bonds. The van der Waals surface area contributed by atoms with E-state index in [1.54, 1.807) is 12.4 Å². The Morgan fingerprint density at radius 3 is 2.50 bits per heavy atom. The summed E-state index contributed by atoms with van der Waals surface area (Å²) < 4.78 is 1.88. The van der Waals surface area contributed by atoms with Gasteiger partial charge in [0.2, 0.25) is 5.91 Å². The van der Waals surface area contributed by atoms with Gasteiger partial charge in [0.15, 0.2) is 0 Å². The van der Waals surface area contributed by atoms with Crippen molar-refractivity contribution in [3.05, 3.63) is 35.4 Å². The van der Waals surface area contributed by atoms with E-state index in [4.69, 9.17) is 0 Å². The van der Waals surface area contributed by atoms with E-state index in [1.165, 1.54) is 0 Å². The molecule has 0 aromatic carbocycles. The molecule has 2 aromatic heterocycles. The van der Waals surface area contributed by atoms with Gasteiger partial charge in [0.1, 0.15) is 11.6 Å². The van der Waals surface area contributed by atoms with Crippen LogP contribution in [-0.4, -0.2) is 60.1 Å². The molecule has 2 aliphatic heterocycles. The van der Waals surface area contributed by atoms with Crippen molar-refractivity contribution in [2.24, 2.45) is 12.5 Å². The summed E-state index contributed by atoms with van der Waals surface area (Å²) in [6.07, 6.45) is 7.43. The molecule has 1 spiro atoms. The Morgan fingerprint density at radius 1 is 1.07 bits per heavy atom. The summed E-state index contributed by atoms with van der Waals surface area (Å²) in [6, 6.07) is 0. The van der Waals surface area contributed by atoms with Crippen LogP contribution in [0.2, 0.25) is 0 Å². The average Bonchev–Trinajstić information content (AvgIpc) is 2.99. The van der Waals surface area contributed by atoms with Crippen LogP contribution in [0.25, 0.3) is 0 Å². The van der Waals surface area contributed by atoms with Crippen LogP contribution in [0, 0.1) is 19.3 Å². The number of hydrogen-bond acceptors (Lipinski definition) is 6. The van der Waals surface area contributed by atoms with Crippen LogP contribution >= 0.6 is 0 Å². The monoisotopic (exact) mass is 383 g/mol. The summed E-state index contributed by atoms with van der Waals surface area (Å²) in [5, 5.41) is 4.35. The molecule has 0 aliphatic carbocycles. The third-order valence-corrected chi connectivity index (χ3v) is 6.18. The topological polar surface area (TPSA) is 80.0 Å². The summed E-state index contributed by atoms with van der Waals surface area (Å²) in [5.41, 5.74) is 2.00. The minimum Gasteiger partial charge on any atom is -0.336 e. The molecular formula is C20H29N7O. The molecule has 4 rings (SSSR count). The van der Waals surface area contributed by atoms with E-state index in [2.05, 4.69) is 25.0 Å². The molecule has 0 bridgehead atoms. The molecule has 0 atom stereocenters. The second kappa shape index (κ2) is 7.58. The maximum absolute atomic E-state index is 12.5. The van der Waals surface area contributed by atoms with Crippen molar-refractivity contribution in [1.29, 1.82) is 0 Å². The number of likely N-dealkylation sites (tertiary alicyclic amines) is 2. The highest BCUT2D eigenvalue weighted by atomic mass is 16.2. The number of nitrogens with zero attached hydrogens (tertiary/aromatic N) is 7. The Bertz CT molecular complexity index is 837. The van der Waals surface area contributed by atoms with Crippen LogP contribution in [0.5, 0.6) is 0 Å². The third kappa shape index (κ3) is 4.06. The number of aryl methyl sites for hydroxylation is 3. The first-order chi connectivity index (χ1) is 13.4. The molecule has 8 heteroatoms. The minimum atomic E-state index is 0.234. The molecule has 28 heavy (non-hydrogen) atoms. The Labute approximate surface area is 166 Å². The number of carbonyl (C=O) groups excluding carboxylic acids is 1. The van der Waals surface area contributed by atoms with Crippen molar-refractivity contribution >= 4 is 5.91 Å². The Morgan fingerprint density at radius 2 is 1.86 bits per heavy atom. The Kier molecular flexibility index (Phi) is 5.14. The first-order valence-corrected chi connectivity index (χ1v) is 10.1. The lowest BCUT2D eigenvalue weighted by Gasteiger charge is -2.47. The zero-order chi connectivity index (χ0) is 19.7. The molecule has 0 N–H and O–H groups in total. The smallest absolute Gasteiger partial charge is 0.222 e. The van der Waals surface area contributed by atoms with Gasteiger partial charge >= 0.3 is 0 Å². The van der Waals surface area contributed by atoms with Crippen LogP contribution in [-0.2, 0) is 24.9 Å². The normalized spacial score (nSPS) is 20.1. The molecule has 2 aliphatic rings. The van der Waals surface area contributed by atoms with Crippen LogP contribution in [0.15, 0.2) is 12.4 Å². The highest BCUT2D eigenvalue weighted by Gasteiger charge is 2.41. The molecule has 4 heterocycles. The Balaban J connectivity index is 1.37. The minimum absolute atomic E-state index is 0.234. The number of aromatic nitrogens is 5. The maximum Gasteiger partial charge on any atom is 0.222 e. The summed E-state index contributed by atoms with van der Waals surface area (Å²) in [4.78, 5) is 30.2. The third-order valence-electron chi connectivity index (χ3n) is 6.18. The zero-order valence-corrected chi connectivity index (χ0v) is 17.1. The second-order valence-corrected chi connectivity index (χ2v) is 8.37. The second-order valence-electron chi connectivity index (χ2n) is 8.37. The van der Waals surface area contributed by atoms with Gasteiger partial charge in [-0.25, -0.2) is 4.98 Å². The molecule has 0 saturated carbocycles. The predicted octanol–water partition coefficient (Wildman–Crippen LogP) is 1.63. The van der Waals surface area contributed by atoms with Gasteiger partial charge in [-0.1, -0.05) is 0 Å². The van der Waals surface area contributed by atoms with Crippen LogP contribution in [0.4, 0.5) is 0 Å². The number of rotatable bonds is 4. The van der Waals surface area contributed by atoms with Crippen LogP contribution in [0.1, 0.15) is 48.7 Å². The predicted molar refractivity (Wildman–Crippen MR) is 104 cm³/mol. The van der Waals surface area contributed by atoms with Crippen molar-refractivity contribution in [3.8, 4) is 0 Å². The van der Waals surface area contributed by atoms with Crippen molar-refractivity contribution < 1.29 is 4.79 Å². The number of piperidine rings is 2. The molecule has 0 unspecified atom stereocenters. The molecular weight excluding hydrogens is 354 g/mol. The average molecular weight is 384 g/mol. The van der Waals surface area contributed by atoms with E-state index in [0.717, 1.165) is 68.5 Å². The zero-order valence-electron chi connectivity index (χ0n) is 17.1. The fraction of sp³-hybridized carbons (Fsp3) is 0.650. The molecule has 2 aromatic rings. The van der Waals surface area contributed by atoms with Crippen molar-refractivity contribution in [2.75, 3.05) is 19.6 Å². The van der Waals surface area contributed by atoms with Gasteiger partial charge in [-0.2, -0.15) is 5.10 Å². The van der Waals surface area contributed by atoms with E-state index in [1.807, 2.05) is 30.5 Å². The van der Waals surface area contributed by atoms with E-state index >= 15 is 0 Å². The lowest BCUT2D eigenvalue weighted by Crippen LogP contribution is -2.51. The van der Waals surface area contributed by atoms with Crippen LogP contribution in [0.3, 0.4) is 0 Å². The lowest BCUT2D eigenvalue weighted by atomic mass is 9.72. The molecule has 0 radical (unpaired) electrons. The van der Waals surface area contributed by atoms with Crippen molar-refractivity contribution in [1.82, 2.24) is 34.5 Å². The van der Waals surface area contributed by atoms with Gasteiger partial charge in [0.25, 0.3) is 0 Å². The summed E-state index contributed by atoms with van der Waals surface area (Å²) >= 11 is 0. The first-order valence-electron chi connectivity index (χ1n) is 10.1. The van der Waals surface area contributed by atoms with Crippen LogP contribution < -0.4 is 0 Å². The highest BCUT2D eigenvalue weighted by Crippen LogP contribution is 2.40. The molecule has 2 saturated heterocycles.